The number of hydrogen-bond donors (Lipinski definition) is 1. The largest absolute Gasteiger partial charge is 0.354 e. The van der Waals surface area contributed by atoms with Gasteiger partial charge < -0.3 is 9.88 Å². The van der Waals surface area contributed by atoms with Crippen molar-refractivity contribution in [1.29, 1.82) is 0 Å². The molecule has 1 aromatic heterocycles. The first kappa shape index (κ1) is 13.8. The lowest BCUT2D eigenvalue weighted by Gasteiger charge is -2.14. The first-order chi connectivity index (χ1) is 11.3. The van der Waals surface area contributed by atoms with E-state index in [0.29, 0.717) is 13.0 Å². The van der Waals surface area contributed by atoms with E-state index in [2.05, 4.69) is 28.1 Å². The summed E-state index contributed by atoms with van der Waals surface area (Å²) in [5.41, 5.74) is 4.21. The summed E-state index contributed by atoms with van der Waals surface area (Å²) in [5.74, 6) is 0.999. The van der Waals surface area contributed by atoms with E-state index in [-0.39, 0.29) is 5.91 Å². The fourth-order valence-electron chi connectivity index (χ4n) is 3.05. The van der Waals surface area contributed by atoms with Crippen molar-refractivity contribution in [3.63, 3.8) is 0 Å². The number of nitrogens with one attached hydrogen (secondary N) is 1. The fraction of sp³-hybridized carbons (Fsp3) is 0.158. The van der Waals surface area contributed by atoms with Gasteiger partial charge in [0, 0.05) is 13.1 Å². The van der Waals surface area contributed by atoms with Crippen LogP contribution in [0.25, 0.3) is 23.2 Å². The predicted molar refractivity (Wildman–Crippen MR) is 91.8 cm³/mol. The van der Waals surface area contributed by atoms with Crippen molar-refractivity contribution in [2.24, 2.45) is 0 Å². The van der Waals surface area contributed by atoms with Crippen molar-refractivity contribution >= 4 is 29.1 Å². The highest BCUT2D eigenvalue weighted by molar-refractivity contribution is 5.88. The third-order valence-corrected chi connectivity index (χ3v) is 4.11. The van der Waals surface area contributed by atoms with E-state index in [1.54, 1.807) is 0 Å². The molecule has 1 aliphatic heterocycles. The molecule has 2 heterocycles. The Bertz CT molecular complexity index is 894. The monoisotopic (exact) mass is 303 g/mol. The minimum absolute atomic E-state index is 0.0753. The van der Waals surface area contributed by atoms with Crippen LogP contribution in [-0.4, -0.2) is 22.0 Å². The Morgan fingerprint density at radius 2 is 1.91 bits per heavy atom. The molecular formula is C19H17N3O. The number of carbonyl (C=O) groups excluding carboxylic acids is 1. The zero-order valence-electron chi connectivity index (χ0n) is 12.7. The molecule has 0 radical (unpaired) electrons. The number of nitrogens with zero attached hydrogens (tertiary/aromatic N) is 2. The third kappa shape index (κ3) is 2.63. The zero-order valence-corrected chi connectivity index (χ0v) is 12.7. The summed E-state index contributed by atoms with van der Waals surface area (Å²) in [6.07, 6.45) is 4.52. The molecule has 4 nitrogen and oxygen atoms in total. The first-order valence-corrected chi connectivity index (χ1v) is 7.79. The molecule has 4 rings (SSSR count). The highest BCUT2D eigenvalue weighted by atomic mass is 16.1. The Morgan fingerprint density at radius 1 is 1.04 bits per heavy atom. The number of hydrogen-bond acceptors (Lipinski definition) is 2. The molecule has 0 bridgehead atoms. The van der Waals surface area contributed by atoms with Gasteiger partial charge in [-0.25, -0.2) is 4.98 Å². The molecule has 3 aromatic rings. The number of amides is 1. The van der Waals surface area contributed by atoms with Crippen molar-refractivity contribution in [2.45, 2.75) is 13.0 Å². The lowest BCUT2D eigenvalue weighted by molar-refractivity contribution is -0.120. The van der Waals surface area contributed by atoms with Crippen LogP contribution in [0.1, 0.15) is 17.0 Å². The SMILES string of the molecule is O=C1Cc2cccc3nc(/C=C/c4ccccc4)n(c23)CCN1. The predicted octanol–water partition coefficient (Wildman–Crippen LogP) is 2.88. The average molecular weight is 303 g/mol. The van der Waals surface area contributed by atoms with E-state index in [1.165, 1.54) is 0 Å². The molecular weight excluding hydrogens is 286 g/mol. The van der Waals surface area contributed by atoms with E-state index in [1.807, 2.05) is 42.5 Å². The van der Waals surface area contributed by atoms with E-state index in [0.717, 1.165) is 34.5 Å². The summed E-state index contributed by atoms with van der Waals surface area (Å²) >= 11 is 0. The molecule has 0 unspecified atom stereocenters. The normalized spacial score (nSPS) is 14.7. The smallest absolute Gasteiger partial charge is 0.224 e. The molecule has 2 aromatic carbocycles. The second kappa shape index (κ2) is 5.72. The highest BCUT2D eigenvalue weighted by Gasteiger charge is 2.17. The minimum atomic E-state index is 0.0753. The summed E-state index contributed by atoms with van der Waals surface area (Å²) in [5, 5.41) is 2.95. The molecule has 0 atom stereocenters. The van der Waals surface area contributed by atoms with Crippen LogP contribution in [0.15, 0.2) is 48.5 Å². The minimum Gasteiger partial charge on any atom is -0.354 e. The lowest BCUT2D eigenvalue weighted by Crippen LogP contribution is -2.30. The van der Waals surface area contributed by atoms with Crippen molar-refractivity contribution < 1.29 is 4.79 Å². The number of rotatable bonds is 2. The van der Waals surface area contributed by atoms with Crippen LogP contribution in [0.3, 0.4) is 0 Å². The van der Waals surface area contributed by atoms with Gasteiger partial charge in [-0.3, -0.25) is 4.79 Å². The molecule has 0 aliphatic carbocycles. The Labute approximate surface area is 134 Å². The lowest BCUT2D eigenvalue weighted by atomic mass is 10.1. The van der Waals surface area contributed by atoms with Crippen LogP contribution in [0.4, 0.5) is 0 Å². The first-order valence-electron chi connectivity index (χ1n) is 7.79. The standard InChI is InChI=1S/C19H17N3O/c23-18-13-15-7-4-8-16-19(15)22(12-11-20-18)17(21-16)10-9-14-5-2-1-3-6-14/h1-10H,11-13H2,(H,20,23)/b10-9+. The van der Waals surface area contributed by atoms with E-state index >= 15 is 0 Å². The van der Waals surface area contributed by atoms with E-state index < -0.39 is 0 Å². The maximum atomic E-state index is 11.8. The molecule has 4 heteroatoms. The Morgan fingerprint density at radius 3 is 2.78 bits per heavy atom. The topological polar surface area (TPSA) is 46.9 Å². The quantitative estimate of drug-likeness (QED) is 0.791. The number of benzene rings is 2. The van der Waals surface area contributed by atoms with E-state index in [9.17, 15) is 4.79 Å². The second-order valence-electron chi connectivity index (χ2n) is 5.68. The van der Waals surface area contributed by atoms with Gasteiger partial charge in [0.2, 0.25) is 5.91 Å². The summed E-state index contributed by atoms with van der Waals surface area (Å²) in [6.45, 7) is 1.36. The van der Waals surface area contributed by atoms with Gasteiger partial charge in [0.15, 0.2) is 0 Å². The van der Waals surface area contributed by atoms with Crippen LogP contribution >= 0.6 is 0 Å². The van der Waals surface area contributed by atoms with Crippen LogP contribution < -0.4 is 5.32 Å². The van der Waals surface area contributed by atoms with Crippen LogP contribution in [0.5, 0.6) is 0 Å². The summed E-state index contributed by atoms with van der Waals surface area (Å²) < 4.78 is 2.20. The Hall–Kier alpha value is -2.88. The van der Waals surface area contributed by atoms with E-state index in [4.69, 9.17) is 4.98 Å². The molecule has 114 valence electrons. The summed E-state index contributed by atoms with van der Waals surface area (Å²) in [4.78, 5) is 16.6. The third-order valence-electron chi connectivity index (χ3n) is 4.11. The average Bonchev–Trinajstić information content (AvgIpc) is 2.91. The Balaban J connectivity index is 1.82. The summed E-state index contributed by atoms with van der Waals surface area (Å²) in [6, 6.07) is 16.2. The molecule has 1 N–H and O–H groups in total. The van der Waals surface area contributed by atoms with Crippen molar-refractivity contribution in [2.75, 3.05) is 6.54 Å². The second-order valence-corrected chi connectivity index (χ2v) is 5.68. The number of carbonyl (C=O) groups is 1. The van der Waals surface area contributed by atoms with Gasteiger partial charge in [-0.1, -0.05) is 48.5 Å². The fourth-order valence-corrected chi connectivity index (χ4v) is 3.05. The molecule has 0 fully saturated rings. The molecule has 0 saturated heterocycles. The molecule has 0 spiro atoms. The zero-order chi connectivity index (χ0) is 15.6. The van der Waals surface area contributed by atoms with Gasteiger partial charge in [-0.2, -0.15) is 0 Å². The molecule has 0 saturated carbocycles. The maximum absolute atomic E-state index is 11.8. The van der Waals surface area contributed by atoms with Crippen LogP contribution in [-0.2, 0) is 17.8 Å². The van der Waals surface area contributed by atoms with Gasteiger partial charge in [0.05, 0.1) is 17.5 Å². The van der Waals surface area contributed by atoms with Gasteiger partial charge in [-0.05, 0) is 23.3 Å². The summed E-state index contributed by atoms with van der Waals surface area (Å²) in [7, 11) is 0. The number of para-hydroxylation sites is 1. The maximum Gasteiger partial charge on any atom is 0.224 e. The molecule has 23 heavy (non-hydrogen) atoms. The highest BCUT2D eigenvalue weighted by Crippen LogP contribution is 2.23. The molecule has 1 amide bonds. The van der Waals surface area contributed by atoms with Gasteiger partial charge >= 0.3 is 0 Å². The Kier molecular flexibility index (Phi) is 3.42. The van der Waals surface area contributed by atoms with Gasteiger partial charge in [-0.15, -0.1) is 0 Å². The number of aromatic nitrogens is 2. The van der Waals surface area contributed by atoms with Gasteiger partial charge in [0.1, 0.15) is 5.82 Å². The number of imidazole rings is 1. The van der Waals surface area contributed by atoms with Crippen LogP contribution in [0.2, 0.25) is 0 Å². The van der Waals surface area contributed by atoms with Crippen molar-refractivity contribution in [3.8, 4) is 0 Å². The van der Waals surface area contributed by atoms with Crippen molar-refractivity contribution in [3.05, 3.63) is 65.5 Å². The van der Waals surface area contributed by atoms with Gasteiger partial charge in [0.25, 0.3) is 0 Å². The molecule has 1 aliphatic rings. The van der Waals surface area contributed by atoms with Crippen LogP contribution in [0, 0.1) is 0 Å². The van der Waals surface area contributed by atoms with Crippen molar-refractivity contribution in [1.82, 2.24) is 14.9 Å².